The maximum atomic E-state index is 14.0. The van der Waals surface area contributed by atoms with E-state index in [9.17, 15) is 57.6 Å². The van der Waals surface area contributed by atoms with Gasteiger partial charge in [0.1, 0.15) is 79.1 Å². The Hall–Kier alpha value is -5.06. The van der Waals surface area contributed by atoms with Crippen LogP contribution in [0.4, 0.5) is 29.2 Å². The summed E-state index contributed by atoms with van der Waals surface area (Å²) in [7, 11) is -17.9. The van der Waals surface area contributed by atoms with Crippen LogP contribution in [0, 0.1) is 0 Å². The first-order valence-corrected chi connectivity index (χ1v) is 29.6. The Kier molecular flexibility index (Phi) is 17.6. The van der Waals surface area contributed by atoms with Crippen molar-refractivity contribution in [3.8, 4) is 0 Å². The number of nitrogen functional groups attached to an aromatic ring is 2. The molecular formula is C37H55N15O25P4. The third-order valence-electron chi connectivity index (χ3n) is 12.5. The number of hydrogen-bond acceptors (Lipinski definition) is 32. The van der Waals surface area contributed by atoms with Crippen LogP contribution in [0.25, 0.3) is 22.3 Å². The minimum absolute atomic E-state index is 0.0210. The molecule has 40 nitrogen and oxygen atoms in total. The number of ether oxygens (including phenoxy) is 6. The molecule has 4 aliphatic rings. The van der Waals surface area contributed by atoms with Crippen molar-refractivity contribution < 1.29 is 108 Å². The number of aliphatic hydroxyl groups excluding tert-OH is 2. The molecule has 0 saturated carbocycles. The van der Waals surface area contributed by atoms with Gasteiger partial charge in [0.05, 0.1) is 38.6 Å². The molecule has 16 atom stereocenters. The highest BCUT2D eigenvalue weighted by atomic mass is 31.3. The molecule has 0 amide bonds. The highest BCUT2D eigenvalue weighted by Gasteiger charge is 2.54. The van der Waals surface area contributed by atoms with Crippen LogP contribution in [-0.2, 0) is 78.4 Å². The summed E-state index contributed by atoms with van der Waals surface area (Å²) in [6.07, 6.45) is -14.3. The number of anilines is 5. The van der Waals surface area contributed by atoms with Crippen molar-refractivity contribution in [1.82, 2.24) is 49.0 Å². The first kappa shape index (κ1) is 60.5. The second kappa shape index (κ2) is 23.5. The van der Waals surface area contributed by atoms with E-state index < -0.39 is 142 Å². The average Bonchev–Trinajstić information content (AvgIpc) is 4.38. The van der Waals surface area contributed by atoms with Crippen LogP contribution in [0.15, 0.2) is 28.6 Å². The number of imidazole rings is 2. The standard InChI is InChI=1S/C37H55N15O25P4/c1-14(2)70-24-17(72-33(22(24)54)51-12-44-19-29(51)45-36(38)47-31(19)55)9-68-78(57,58)74-25-15(73-35(26(25)66-6)50-11-43-18-27(40-3)41-10-42-28(18)50)7-67-75-80(61,62)77-81(63,64)76-79(59,60)69-8-16-23(65-5)21(53)34(71-16)52-13-49(4)20-30(52)46-37(39)48-32(20)56/h10-12,14-17,21-26,33-35,53-54H,7-9,13H2,1-6H3,(H,57,58)(H,59,60)(H,61,62)(H,63,64)(H,40,41,42)(H3,38,45,47,55)(H3,39,46,48,56)/t15-,16-,17-,21?,22+,23+,24?,25?,26+,33-,34-,35-/m1/s1. The molecule has 5 aromatic heterocycles. The molecule has 81 heavy (non-hydrogen) atoms. The average molecular weight is 1230 g/mol. The van der Waals surface area contributed by atoms with Crippen molar-refractivity contribution in [2.24, 2.45) is 0 Å². The number of fused-ring (bicyclic) bond motifs is 3. The molecule has 0 radical (unpaired) electrons. The lowest BCUT2D eigenvalue weighted by atomic mass is 10.1. The number of H-pyrrole nitrogens is 2. The molecule has 0 spiro atoms. The van der Waals surface area contributed by atoms with Crippen molar-refractivity contribution in [3.63, 3.8) is 0 Å². The number of nitrogens with one attached hydrogen (secondary N) is 3. The van der Waals surface area contributed by atoms with Gasteiger partial charge in [-0.1, -0.05) is 0 Å². The molecule has 3 fully saturated rings. The number of phosphoric acid groups is 4. The highest BCUT2D eigenvalue weighted by Crippen LogP contribution is 2.68. The van der Waals surface area contributed by atoms with E-state index in [1.165, 1.54) is 31.6 Å². The molecule has 44 heteroatoms. The smallest absolute Gasteiger partial charge is 0.386 e. The summed E-state index contributed by atoms with van der Waals surface area (Å²) in [6, 6.07) is 0. The normalized spacial score (nSPS) is 29.8. The molecule has 3 saturated heterocycles. The molecule has 0 aromatic carbocycles. The minimum atomic E-state index is -6.17. The van der Waals surface area contributed by atoms with Gasteiger partial charge >= 0.3 is 31.3 Å². The van der Waals surface area contributed by atoms with Crippen LogP contribution in [0.5, 0.6) is 0 Å². The van der Waals surface area contributed by atoms with Gasteiger partial charge in [0.15, 0.2) is 47.1 Å². The Bertz CT molecular complexity index is 3430. The number of aromatic nitrogens is 10. The monoisotopic (exact) mass is 1230 g/mol. The van der Waals surface area contributed by atoms with Gasteiger partial charge < -0.3 is 84.8 Å². The lowest BCUT2D eigenvalue weighted by Crippen LogP contribution is -2.46. The SMILES string of the molecule is CNc1ncnc2c1ncn2[C@@H]1O[C@H](COOP(=O)(O)OP(=O)(O)OP(=O)(O)OC[C@H]2O[C@@H](N3CN(C)c4c3nc(N)[nH]c4=O)C(O)[C@H]2OC)C(OP(=O)(O)OC[C@H]2O[C@@H](n3cnc4c(=O)[nH]c(N)nc43)[C@@H](O)C2OC(C)C)[C@@H]1OC. The summed E-state index contributed by atoms with van der Waals surface area (Å²) in [4.78, 5) is 105. The van der Waals surface area contributed by atoms with Gasteiger partial charge in [-0.25, -0.2) is 43.1 Å². The lowest BCUT2D eigenvalue weighted by molar-refractivity contribution is -0.244. The van der Waals surface area contributed by atoms with Crippen molar-refractivity contribution in [1.29, 1.82) is 0 Å². The third-order valence-corrected chi connectivity index (χ3v) is 17.6. The number of rotatable bonds is 24. The second-order valence-electron chi connectivity index (χ2n) is 18.3. The first-order chi connectivity index (χ1) is 38.1. The Morgan fingerprint density at radius 3 is 1.98 bits per heavy atom. The number of aliphatic hydroxyl groups is 2. The zero-order valence-corrected chi connectivity index (χ0v) is 46.5. The van der Waals surface area contributed by atoms with E-state index in [4.69, 9.17) is 58.3 Å². The number of methoxy groups -OCH3 is 2. The van der Waals surface area contributed by atoms with Crippen LogP contribution in [0.1, 0.15) is 26.3 Å². The zero-order chi connectivity index (χ0) is 58.7. The molecule has 7 unspecified atom stereocenters. The van der Waals surface area contributed by atoms with E-state index in [-0.39, 0.29) is 58.2 Å². The number of nitrogens with zero attached hydrogens (tertiary/aromatic N) is 10. The van der Waals surface area contributed by atoms with Gasteiger partial charge in [0.25, 0.3) is 11.1 Å². The lowest BCUT2D eigenvalue weighted by Gasteiger charge is -2.27. The number of phosphoric ester groups is 2. The quantitative estimate of drug-likeness (QED) is 0.0181. The zero-order valence-electron chi connectivity index (χ0n) is 42.9. The fourth-order valence-corrected chi connectivity index (χ4v) is 13.6. The fraction of sp³-hybridized carbons (Fsp3) is 0.622. The van der Waals surface area contributed by atoms with Crippen LogP contribution < -0.4 is 37.7 Å². The third kappa shape index (κ3) is 12.7. The van der Waals surface area contributed by atoms with E-state index in [1.54, 1.807) is 27.9 Å². The Morgan fingerprint density at radius 2 is 1.30 bits per heavy atom. The van der Waals surface area contributed by atoms with Gasteiger partial charge in [-0.05, 0) is 13.8 Å². The number of nitrogens with two attached hydrogens (primary N) is 2. The van der Waals surface area contributed by atoms with Gasteiger partial charge in [-0.2, -0.15) is 18.6 Å². The number of aromatic amines is 2. The van der Waals surface area contributed by atoms with Crippen molar-refractivity contribution in [2.75, 3.05) is 81.4 Å². The van der Waals surface area contributed by atoms with Crippen LogP contribution in [0.3, 0.4) is 0 Å². The van der Waals surface area contributed by atoms with Gasteiger partial charge in [-0.3, -0.25) is 42.3 Å². The molecule has 5 aromatic rings. The second-order valence-corrected chi connectivity index (χ2v) is 24.2. The summed E-state index contributed by atoms with van der Waals surface area (Å²) in [5.41, 5.74) is 10.4. The summed E-state index contributed by atoms with van der Waals surface area (Å²) >= 11 is 0. The van der Waals surface area contributed by atoms with Gasteiger partial charge in [0, 0.05) is 28.3 Å². The summed E-state index contributed by atoms with van der Waals surface area (Å²) in [5, 5.41) is 25.4. The highest BCUT2D eigenvalue weighted by molar-refractivity contribution is 7.66. The van der Waals surface area contributed by atoms with Crippen LogP contribution >= 0.6 is 31.3 Å². The van der Waals surface area contributed by atoms with Crippen molar-refractivity contribution in [2.45, 2.75) is 93.6 Å². The largest absolute Gasteiger partial charge is 0.508 e. The maximum absolute atomic E-state index is 14.0. The Labute approximate surface area is 453 Å². The predicted molar refractivity (Wildman–Crippen MR) is 268 cm³/mol. The molecule has 4 aliphatic heterocycles. The predicted octanol–water partition coefficient (Wildman–Crippen LogP) is -1.97. The van der Waals surface area contributed by atoms with Gasteiger partial charge in [0.2, 0.25) is 11.9 Å². The molecule has 9 heterocycles. The van der Waals surface area contributed by atoms with E-state index in [0.29, 0.717) is 0 Å². The molecule has 448 valence electrons. The van der Waals surface area contributed by atoms with Crippen LogP contribution in [-0.4, -0.2) is 201 Å². The van der Waals surface area contributed by atoms with Gasteiger partial charge in [-0.15, -0.1) is 4.67 Å². The molecule has 0 bridgehead atoms. The minimum Gasteiger partial charge on any atom is -0.386 e. The first-order valence-electron chi connectivity index (χ1n) is 23.7. The summed E-state index contributed by atoms with van der Waals surface area (Å²) in [5.74, 6) is -0.219. The van der Waals surface area contributed by atoms with E-state index in [2.05, 4.69) is 58.5 Å². The molecule has 9 rings (SSSR count). The topological polar surface area (TPSA) is 533 Å². The summed E-state index contributed by atoms with van der Waals surface area (Å²) in [6.45, 7) is 0.345. The van der Waals surface area contributed by atoms with E-state index >= 15 is 0 Å². The van der Waals surface area contributed by atoms with Crippen molar-refractivity contribution >= 4 is 82.8 Å². The maximum Gasteiger partial charge on any atom is 0.508 e. The Balaban J connectivity index is 0.859. The van der Waals surface area contributed by atoms with E-state index in [0.717, 1.165) is 20.5 Å². The molecule has 0 aliphatic carbocycles. The van der Waals surface area contributed by atoms with Crippen molar-refractivity contribution in [3.05, 3.63) is 39.7 Å². The van der Waals surface area contributed by atoms with Crippen LogP contribution in [0.2, 0.25) is 0 Å². The Morgan fingerprint density at radius 1 is 0.716 bits per heavy atom. The van der Waals surface area contributed by atoms with E-state index in [1.807, 2.05) is 0 Å². The summed E-state index contributed by atoms with van der Waals surface area (Å²) < 4.78 is 119. The molecular weight excluding hydrogens is 1180 g/mol. The molecule has 13 N–H and O–H groups in total. The number of hydrogen-bond donors (Lipinski definition) is 11. The fourth-order valence-electron chi connectivity index (χ4n) is 9.34.